The number of benzene rings is 1. The molecule has 2 rings (SSSR count). The summed E-state index contributed by atoms with van der Waals surface area (Å²) in [5, 5.41) is 3.09. The van der Waals surface area contributed by atoms with Crippen molar-refractivity contribution in [1.82, 2.24) is 5.32 Å². The molecule has 0 saturated carbocycles. The van der Waals surface area contributed by atoms with Gasteiger partial charge >= 0.3 is 6.18 Å². The van der Waals surface area contributed by atoms with E-state index in [1.54, 1.807) is 12.3 Å². The quantitative estimate of drug-likeness (QED) is 0.839. The highest BCUT2D eigenvalue weighted by molar-refractivity contribution is 5.27. The monoisotopic (exact) mass is 301 g/mol. The number of hydrogen-bond donors (Lipinski definition) is 1. The number of furan rings is 1. The fourth-order valence-electron chi connectivity index (χ4n) is 1.99. The minimum Gasteiger partial charge on any atom is -0.469 e. The molecule has 0 bridgehead atoms. The first kappa shape index (κ1) is 15.6. The van der Waals surface area contributed by atoms with Crippen molar-refractivity contribution >= 4 is 0 Å². The smallest absolute Gasteiger partial charge is 0.419 e. The van der Waals surface area contributed by atoms with E-state index in [1.807, 2.05) is 13.0 Å². The molecular weight excluding hydrogens is 286 g/mol. The first-order valence-electron chi connectivity index (χ1n) is 6.47. The molecule has 0 saturated heterocycles. The molecule has 2 nitrogen and oxygen atoms in total. The largest absolute Gasteiger partial charge is 0.469 e. The lowest BCUT2D eigenvalue weighted by atomic mass is 10.1. The average Bonchev–Trinajstić information content (AvgIpc) is 2.89. The summed E-state index contributed by atoms with van der Waals surface area (Å²) < 4.78 is 56.2. The summed E-state index contributed by atoms with van der Waals surface area (Å²) in [4.78, 5) is 0. The summed E-state index contributed by atoms with van der Waals surface area (Å²) in [5.74, 6) is -0.458. The Labute approximate surface area is 119 Å². The van der Waals surface area contributed by atoms with Gasteiger partial charge in [-0.2, -0.15) is 13.2 Å². The molecular formula is C15H15F4NO. The van der Waals surface area contributed by atoms with Gasteiger partial charge in [-0.3, -0.25) is 0 Å². The fraction of sp³-hybridized carbons (Fsp3) is 0.333. The number of nitrogens with one attached hydrogen (secondary N) is 1. The van der Waals surface area contributed by atoms with E-state index in [0.717, 1.165) is 17.9 Å². The second-order valence-corrected chi connectivity index (χ2v) is 4.88. The van der Waals surface area contributed by atoms with Gasteiger partial charge in [-0.1, -0.05) is 6.07 Å². The van der Waals surface area contributed by atoms with Crippen LogP contribution in [-0.4, -0.2) is 6.04 Å². The van der Waals surface area contributed by atoms with Gasteiger partial charge in [-0.05, 0) is 36.8 Å². The molecule has 21 heavy (non-hydrogen) atoms. The molecule has 1 aromatic carbocycles. The van der Waals surface area contributed by atoms with Gasteiger partial charge in [0.2, 0.25) is 0 Å². The van der Waals surface area contributed by atoms with Crippen LogP contribution >= 0.6 is 0 Å². The molecule has 2 aromatic rings. The standard InChI is InChI=1S/C15H15F4NO/c1-10(7-12-3-2-6-21-12)20-9-11-4-5-14(16)13(8-11)15(17,18)19/h2-6,8,10,20H,7,9H2,1H3. The summed E-state index contributed by atoms with van der Waals surface area (Å²) >= 11 is 0. The molecule has 1 unspecified atom stereocenters. The third-order valence-electron chi connectivity index (χ3n) is 3.08. The van der Waals surface area contributed by atoms with Crippen molar-refractivity contribution in [2.75, 3.05) is 0 Å². The maximum atomic E-state index is 13.2. The molecule has 0 aliphatic rings. The van der Waals surface area contributed by atoms with Gasteiger partial charge in [0.15, 0.2) is 0 Å². The Bertz CT molecular complexity index is 578. The van der Waals surface area contributed by atoms with Crippen LogP contribution in [0.4, 0.5) is 17.6 Å². The van der Waals surface area contributed by atoms with Gasteiger partial charge in [0.25, 0.3) is 0 Å². The zero-order chi connectivity index (χ0) is 15.5. The van der Waals surface area contributed by atoms with Crippen molar-refractivity contribution in [3.8, 4) is 0 Å². The van der Waals surface area contributed by atoms with Gasteiger partial charge in [-0.15, -0.1) is 0 Å². The Kier molecular flexibility index (Phi) is 4.67. The van der Waals surface area contributed by atoms with E-state index < -0.39 is 17.6 Å². The number of hydrogen-bond acceptors (Lipinski definition) is 2. The molecule has 1 aromatic heterocycles. The van der Waals surface area contributed by atoms with Gasteiger partial charge < -0.3 is 9.73 Å². The Hall–Kier alpha value is -1.82. The molecule has 1 atom stereocenters. The van der Waals surface area contributed by atoms with Crippen LogP contribution in [0.2, 0.25) is 0 Å². The van der Waals surface area contributed by atoms with Crippen molar-refractivity contribution in [3.05, 3.63) is 59.3 Å². The summed E-state index contributed by atoms with van der Waals surface area (Å²) in [6, 6.07) is 6.65. The first-order chi connectivity index (χ1) is 9.86. The van der Waals surface area contributed by atoms with Gasteiger partial charge in [0.05, 0.1) is 11.8 Å². The molecule has 0 radical (unpaired) electrons. The lowest BCUT2D eigenvalue weighted by molar-refractivity contribution is -0.140. The summed E-state index contributed by atoms with van der Waals surface area (Å²) in [7, 11) is 0. The maximum Gasteiger partial charge on any atom is 0.419 e. The van der Waals surface area contributed by atoms with Gasteiger partial charge in [-0.25, -0.2) is 4.39 Å². The van der Waals surface area contributed by atoms with E-state index in [2.05, 4.69) is 5.32 Å². The Morgan fingerprint density at radius 2 is 2.00 bits per heavy atom. The number of halogens is 4. The van der Waals surface area contributed by atoms with Crippen LogP contribution in [0, 0.1) is 5.82 Å². The predicted octanol–water partition coefficient (Wildman–Crippen LogP) is 4.16. The topological polar surface area (TPSA) is 25.2 Å². The van der Waals surface area contributed by atoms with Crippen LogP contribution < -0.4 is 5.32 Å². The SMILES string of the molecule is CC(Cc1ccco1)NCc1ccc(F)c(C(F)(F)F)c1. The Balaban J connectivity index is 1.97. The van der Waals surface area contributed by atoms with Crippen LogP contribution in [0.3, 0.4) is 0 Å². The molecule has 114 valence electrons. The summed E-state index contributed by atoms with van der Waals surface area (Å²) in [6.45, 7) is 2.13. The average molecular weight is 301 g/mol. The van der Waals surface area contributed by atoms with Gasteiger partial charge in [0, 0.05) is 19.0 Å². The third kappa shape index (κ3) is 4.32. The second kappa shape index (κ2) is 6.30. The predicted molar refractivity (Wildman–Crippen MR) is 70.1 cm³/mol. The van der Waals surface area contributed by atoms with Crippen LogP contribution in [-0.2, 0) is 19.1 Å². The molecule has 6 heteroatoms. The molecule has 0 amide bonds. The van der Waals surface area contributed by atoms with Crippen molar-refractivity contribution in [2.24, 2.45) is 0 Å². The molecule has 1 N–H and O–H groups in total. The van der Waals surface area contributed by atoms with Crippen molar-refractivity contribution in [3.63, 3.8) is 0 Å². The van der Waals surface area contributed by atoms with E-state index in [4.69, 9.17) is 4.42 Å². The van der Waals surface area contributed by atoms with E-state index in [9.17, 15) is 17.6 Å². The lowest BCUT2D eigenvalue weighted by Gasteiger charge is -2.14. The molecule has 0 spiro atoms. The summed E-state index contributed by atoms with van der Waals surface area (Å²) in [5.41, 5.74) is -0.851. The highest BCUT2D eigenvalue weighted by Crippen LogP contribution is 2.31. The van der Waals surface area contributed by atoms with Crippen LogP contribution in [0.25, 0.3) is 0 Å². The maximum absolute atomic E-state index is 13.2. The van der Waals surface area contributed by atoms with Crippen molar-refractivity contribution in [1.29, 1.82) is 0 Å². The Morgan fingerprint density at radius 1 is 1.24 bits per heavy atom. The summed E-state index contributed by atoms with van der Waals surface area (Å²) in [6.07, 6.45) is -2.49. The minimum atomic E-state index is -4.68. The van der Waals surface area contributed by atoms with Gasteiger partial charge in [0.1, 0.15) is 11.6 Å². The van der Waals surface area contributed by atoms with E-state index >= 15 is 0 Å². The number of alkyl halides is 3. The fourth-order valence-corrected chi connectivity index (χ4v) is 1.99. The molecule has 1 heterocycles. The zero-order valence-electron chi connectivity index (χ0n) is 11.4. The molecule has 0 aliphatic carbocycles. The third-order valence-corrected chi connectivity index (χ3v) is 3.08. The molecule has 0 fully saturated rings. The Morgan fingerprint density at radius 3 is 2.62 bits per heavy atom. The highest BCUT2D eigenvalue weighted by atomic mass is 19.4. The van der Waals surface area contributed by atoms with E-state index in [1.165, 1.54) is 6.07 Å². The van der Waals surface area contributed by atoms with Crippen molar-refractivity contribution < 1.29 is 22.0 Å². The van der Waals surface area contributed by atoms with Crippen LogP contribution in [0.15, 0.2) is 41.0 Å². The zero-order valence-corrected chi connectivity index (χ0v) is 11.4. The van der Waals surface area contributed by atoms with E-state index in [-0.39, 0.29) is 12.6 Å². The highest BCUT2D eigenvalue weighted by Gasteiger charge is 2.34. The normalized spacial score (nSPS) is 13.4. The first-order valence-corrected chi connectivity index (χ1v) is 6.47. The lowest BCUT2D eigenvalue weighted by Crippen LogP contribution is -2.27. The van der Waals surface area contributed by atoms with Crippen LogP contribution in [0.5, 0.6) is 0 Å². The van der Waals surface area contributed by atoms with E-state index in [0.29, 0.717) is 12.0 Å². The number of rotatable bonds is 5. The molecule has 0 aliphatic heterocycles. The van der Waals surface area contributed by atoms with Crippen molar-refractivity contribution in [2.45, 2.75) is 32.1 Å². The minimum absolute atomic E-state index is 0.0236. The van der Waals surface area contributed by atoms with Crippen LogP contribution in [0.1, 0.15) is 23.8 Å². The second-order valence-electron chi connectivity index (χ2n) is 4.88.